The van der Waals surface area contributed by atoms with Crippen LogP contribution in [-0.2, 0) is 18.3 Å². The maximum absolute atomic E-state index is 10.8. The van der Waals surface area contributed by atoms with E-state index in [2.05, 4.69) is 15.5 Å². The van der Waals surface area contributed by atoms with Gasteiger partial charge in [0.05, 0.1) is 0 Å². The van der Waals surface area contributed by atoms with Crippen LogP contribution in [0.1, 0.15) is 82.9 Å². The molecular weight excluding hydrogens is 264 g/mol. The van der Waals surface area contributed by atoms with Gasteiger partial charge in [-0.15, -0.1) is 5.10 Å². The Morgan fingerprint density at radius 3 is 2.43 bits per heavy atom. The molecule has 0 spiro atoms. The summed E-state index contributed by atoms with van der Waals surface area (Å²) in [5.41, 5.74) is 0. The zero-order valence-corrected chi connectivity index (χ0v) is 13.2. The fraction of sp³-hybridized carbons (Fsp3) is 0.938. The van der Waals surface area contributed by atoms with E-state index >= 15 is 0 Å². The number of rotatable bonds is 8. The van der Waals surface area contributed by atoms with Crippen molar-refractivity contribution in [2.24, 2.45) is 5.92 Å². The number of unbranched alkanes of at least 4 members (excludes halogenated alkanes) is 3. The summed E-state index contributed by atoms with van der Waals surface area (Å²) in [6, 6.07) is 0. The van der Waals surface area contributed by atoms with Gasteiger partial charge in [0.25, 0.3) is 0 Å². The molecule has 0 aliphatic heterocycles. The molecule has 1 fully saturated rings. The molecule has 1 saturated carbocycles. The van der Waals surface area contributed by atoms with Crippen molar-refractivity contribution >= 4 is 0 Å². The first kappa shape index (κ1) is 16.4. The standard InChI is InChI=1S/C16H29N4O/c21-14-16-17-18-19-20(16)13-9-5-4-8-12-15-10-6-2-1-3-7-11-15/h15H,1-14H2. The predicted octanol–water partition coefficient (Wildman–Crippen LogP) is 3.91. The molecule has 0 amide bonds. The Morgan fingerprint density at radius 1 is 0.952 bits per heavy atom. The topological polar surface area (TPSA) is 63.5 Å². The van der Waals surface area contributed by atoms with E-state index in [1.54, 1.807) is 4.68 Å². The third kappa shape index (κ3) is 6.12. The highest BCUT2D eigenvalue weighted by molar-refractivity contribution is 4.75. The molecule has 1 radical (unpaired) electrons. The van der Waals surface area contributed by atoms with Gasteiger partial charge in [0.15, 0.2) is 5.82 Å². The van der Waals surface area contributed by atoms with Gasteiger partial charge in [-0.05, 0) is 22.8 Å². The summed E-state index contributed by atoms with van der Waals surface area (Å²) in [6.45, 7) is 0.461. The van der Waals surface area contributed by atoms with E-state index in [0.29, 0.717) is 5.82 Å². The van der Waals surface area contributed by atoms with E-state index in [4.69, 9.17) is 0 Å². The lowest BCUT2D eigenvalue weighted by Gasteiger charge is -2.19. The van der Waals surface area contributed by atoms with Crippen molar-refractivity contribution in [3.8, 4) is 0 Å². The van der Waals surface area contributed by atoms with Crippen molar-refractivity contribution in [2.75, 3.05) is 0 Å². The average Bonchev–Trinajstić information content (AvgIpc) is 2.91. The molecule has 5 heteroatoms. The molecule has 0 atom stereocenters. The van der Waals surface area contributed by atoms with Crippen LogP contribution in [0.25, 0.3) is 0 Å². The van der Waals surface area contributed by atoms with Gasteiger partial charge in [-0.1, -0.05) is 70.6 Å². The minimum Gasteiger partial charge on any atom is -0.228 e. The van der Waals surface area contributed by atoms with Crippen molar-refractivity contribution < 1.29 is 5.11 Å². The van der Waals surface area contributed by atoms with Crippen LogP contribution in [0.5, 0.6) is 0 Å². The third-order valence-corrected chi connectivity index (χ3v) is 4.69. The average molecular weight is 293 g/mol. The molecule has 0 bridgehead atoms. The molecule has 5 nitrogen and oxygen atoms in total. The molecule has 1 aliphatic rings. The van der Waals surface area contributed by atoms with Crippen molar-refractivity contribution in [1.82, 2.24) is 20.2 Å². The van der Waals surface area contributed by atoms with E-state index in [1.165, 1.54) is 70.6 Å². The Balaban J connectivity index is 1.51. The van der Waals surface area contributed by atoms with Crippen LogP contribution in [0.4, 0.5) is 0 Å². The van der Waals surface area contributed by atoms with Crippen LogP contribution in [0, 0.1) is 5.92 Å². The first-order valence-electron chi connectivity index (χ1n) is 8.73. The molecule has 0 N–H and O–H groups in total. The number of aryl methyl sites for hydroxylation is 1. The van der Waals surface area contributed by atoms with Crippen molar-refractivity contribution in [3.05, 3.63) is 5.82 Å². The van der Waals surface area contributed by atoms with Gasteiger partial charge < -0.3 is 0 Å². The Labute approximate surface area is 128 Å². The van der Waals surface area contributed by atoms with E-state index in [9.17, 15) is 5.11 Å². The van der Waals surface area contributed by atoms with Crippen LogP contribution in [-0.4, -0.2) is 20.2 Å². The Morgan fingerprint density at radius 2 is 1.67 bits per heavy atom. The largest absolute Gasteiger partial charge is 0.228 e. The van der Waals surface area contributed by atoms with Crippen LogP contribution < -0.4 is 0 Å². The molecule has 0 saturated heterocycles. The predicted molar refractivity (Wildman–Crippen MR) is 81.1 cm³/mol. The second kappa shape index (κ2) is 9.87. The fourth-order valence-electron chi connectivity index (χ4n) is 3.38. The number of aromatic nitrogens is 4. The molecule has 21 heavy (non-hydrogen) atoms. The lowest BCUT2D eigenvalue weighted by atomic mass is 9.87. The minimum absolute atomic E-state index is 0.325. The van der Waals surface area contributed by atoms with Gasteiger partial charge in [-0.3, -0.25) is 0 Å². The van der Waals surface area contributed by atoms with Crippen LogP contribution in [0.3, 0.4) is 0 Å². The molecule has 119 valence electrons. The first-order valence-corrected chi connectivity index (χ1v) is 8.73. The second-order valence-electron chi connectivity index (χ2n) is 6.38. The van der Waals surface area contributed by atoms with Gasteiger partial charge in [-0.25, -0.2) is 9.79 Å². The molecular formula is C16H29N4O. The fourth-order valence-corrected chi connectivity index (χ4v) is 3.38. The van der Waals surface area contributed by atoms with Crippen LogP contribution in [0.2, 0.25) is 0 Å². The summed E-state index contributed by atoms with van der Waals surface area (Å²) in [6.07, 6.45) is 16.5. The highest BCUT2D eigenvalue weighted by Gasteiger charge is 2.10. The van der Waals surface area contributed by atoms with E-state index in [1.807, 2.05) is 0 Å². The Kier molecular flexibility index (Phi) is 7.71. The van der Waals surface area contributed by atoms with Gasteiger partial charge >= 0.3 is 0 Å². The molecule has 1 aliphatic carbocycles. The highest BCUT2D eigenvalue weighted by Crippen LogP contribution is 2.26. The highest BCUT2D eigenvalue weighted by atomic mass is 16.3. The lowest BCUT2D eigenvalue weighted by Crippen LogP contribution is -2.06. The smallest absolute Gasteiger partial charge is 0.180 e. The number of tetrazole rings is 1. The molecule has 0 unspecified atom stereocenters. The maximum Gasteiger partial charge on any atom is 0.180 e. The lowest BCUT2D eigenvalue weighted by molar-refractivity contribution is 0.164. The molecule has 2 rings (SSSR count). The Bertz CT molecular complexity index is 372. The monoisotopic (exact) mass is 293 g/mol. The van der Waals surface area contributed by atoms with Gasteiger partial charge in [0.1, 0.15) is 6.61 Å². The van der Waals surface area contributed by atoms with Crippen molar-refractivity contribution in [3.63, 3.8) is 0 Å². The van der Waals surface area contributed by atoms with Crippen molar-refractivity contribution in [2.45, 2.75) is 90.2 Å². The molecule has 1 aromatic rings. The summed E-state index contributed by atoms with van der Waals surface area (Å²) in [5, 5.41) is 21.9. The second-order valence-corrected chi connectivity index (χ2v) is 6.38. The number of nitrogens with zero attached hydrogens (tertiary/aromatic N) is 4. The molecule has 1 aromatic heterocycles. The number of hydrogen-bond acceptors (Lipinski definition) is 3. The van der Waals surface area contributed by atoms with Gasteiger partial charge in [0.2, 0.25) is 0 Å². The summed E-state index contributed by atoms with van der Waals surface area (Å²) >= 11 is 0. The third-order valence-electron chi connectivity index (χ3n) is 4.69. The normalized spacial score (nSPS) is 17.6. The Hall–Kier alpha value is -0.970. The quantitative estimate of drug-likeness (QED) is 0.682. The zero-order valence-electron chi connectivity index (χ0n) is 13.2. The van der Waals surface area contributed by atoms with Crippen LogP contribution >= 0.6 is 0 Å². The van der Waals surface area contributed by atoms with E-state index in [-0.39, 0.29) is 6.61 Å². The SMILES string of the molecule is [O]Cc1nnnn1CCCCCCC1CCCCCCC1. The summed E-state index contributed by atoms with van der Waals surface area (Å²) in [5.74, 6) is 1.45. The summed E-state index contributed by atoms with van der Waals surface area (Å²) in [7, 11) is 0. The van der Waals surface area contributed by atoms with Gasteiger partial charge in [-0.2, -0.15) is 0 Å². The maximum atomic E-state index is 10.8. The minimum atomic E-state index is -0.325. The summed E-state index contributed by atoms with van der Waals surface area (Å²) in [4.78, 5) is 0. The first-order chi connectivity index (χ1) is 10.4. The van der Waals surface area contributed by atoms with E-state index < -0.39 is 0 Å². The summed E-state index contributed by atoms with van der Waals surface area (Å²) < 4.78 is 1.65. The number of hydrogen-bond donors (Lipinski definition) is 0. The van der Waals surface area contributed by atoms with Crippen molar-refractivity contribution in [1.29, 1.82) is 0 Å². The van der Waals surface area contributed by atoms with Crippen LogP contribution in [0.15, 0.2) is 0 Å². The van der Waals surface area contributed by atoms with Gasteiger partial charge in [0, 0.05) is 6.54 Å². The molecule has 1 heterocycles. The zero-order chi connectivity index (χ0) is 14.8. The molecule has 0 aromatic carbocycles. The van der Waals surface area contributed by atoms with E-state index in [0.717, 1.165) is 18.9 Å².